The van der Waals surface area contributed by atoms with Crippen LogP contribution in [0.25, 0.3) is 0 Å². The number of carbonyl (C=O) groups excluding carboxylic acids is 2. The molecule has 0 N–H and O–H groups in total. The molecule has 1 aromatic heterocycles. The van der Waals surface area contributed by atoms with Gasteiger partial charge in [0.2, 0.25) is 5.88 Å². The molecule has 0 aliphatic carbocycles. The van der Waals surface area contributed by atoms with Gasteiger partial charge in [0.05, 0.1) is 17.0 Å². The Morgan fingerprint density at radius 1 is 1.00 bits per heavy atom. The zero-order valence-corrected chi connectivity index (χ0v) is 15.4. The average Bonchev–Trinajstić information content (AvgIpc) is 2.59. The molecule has 0 aliphatic rings. The summed E-state index contributed by atoms with van der Waals surface area (Å²) in [5.74, 6) is -0.593. The molecule has 5 heteroatoms. The van der Waals surface area contributed by atoms with E-state index >= 15 is 0 Å². The first kappa shape index (κ1) is 18.8. The minimum Gasteiger partial charge on any atom is -0.402 e. The van der Waals surface area contributed by atoms with E-state index in [1.54, 1.807) is 31.2 Å². The van der Waals surface area contributed by atoms with Crippen LogP contribution in [0.3, 0.4) is 0 Å². The molecule has 1 atom stereocenters. The van der Waals surface area contributed by atoms with E-state index in [1.165, 1.54) is 0 Å². The summed E-state index contributed by atoms with van der Waals surface area (Å²) in [6.45, 7) is 9.31. The summed E-state index contributed by atoms with van der Waals surface area (Å²) < 4.78 is 5.43. The van der Waals surface area contributed by atoms with Crippen LogP contribution in [0.1, 0.15) is 64.5 Å². The molecular formula is C20H24N2O3. The molecule has 5 nitrogen and oxygen atoms in total. The van der Waals surface area contributed by atoms with Crippen molar-refractivity contribution in [3.05, 3.63) is 52.5 Å². The number of rotatable bonds is 6. The highest BCUT2D eigenvalue weighted by Crippen LogP contribution is 2.21. The quantitative estimate of drug-likeness (QED) is 0.581. The largest absolute Gasteiger partial charge is 0.402 e. The van der Waals surface area contributed by atoms with Crippen LogP contribution in [0.15, 0.2) is 24.3 Å². The van der Waals surface area contributed by atoms with Crippen LogP contribution in [-0.2, 0) is 0 Å². The van der Waals surface area contributed by atoms with Crippen molar-refractivity contribution >= 4 is 11.8 Å². The molecule has 0 fully saturated rings. The highest BCUT2D eigenvalue weighted by Gasteiger charge is 2.23. The van der Waals surface area contributed by atoms with Gasteiger partial charge >= 0.3 is 5.97 Å². The van der Waals surface area contributed by atoms with Gasteiger partial charge in [0.1, 0.15) is 5.69 Å². The Kier molecular flexibility index (Phi) is 6.02. The van der Waals surface area contributed by atoms with Crippen LogP contribution in [0.2, 0.25) is 0 Å². The molecule has 1 unspecified atom stereocenters. The maximum Gasteiger partial charge on any atom is 0.345 e. The van der Waals surface area contributed by atoms with Gasteiger partial charge in [-0.3, -0.25) is 9.78 Å². The third kappa shape index (κ3) is 4.29. The second-order valence-electron chi connectivity index (χ2n) is 6.27. The summed E-state index contributed by atoms with van der Waals surface area (Å²) in [7, 11) is 0. The van der Waals surface area contributed by atoms with Crippen LogP contribution < -0.4 is 4.74 Å². The maximum absolute atomic E-state index is 12.6. The Morgan fingerprint density at radius 3 is 2.24 bits per heavy atom. The van der Waals surface area contributed by atoms with Crippen molar-refractivity contribution in [1.82, 2.24) is 9.97 Å². The Labute approximate surface area is 148 Å². The normalized spacial score (nSPS) is 11.9. The Morgan fingerprint density at radius 2 is 1.60 bits per heavy atom. The van der Waals surface area contributed by atoms with Crippen molar-refractivity contribution in [3.8, 4) is 5.88 Å². The number of esters is 1. The van der Waals surface area contributed by atoms with Crippen molar-refractivity contribution in [1.29, 1.82) is 0 Å². The number of aromatic nitrogens is 2. The summed E-state index contributed by atoms with van der Waals surface area (Å²) >= 11 is 0. The van der Waals surface area contributed by atoms with Crippen LogP contribution >= 0.6 is 0 Å². The second-order valence-corrected chi connectivity index (χ2v) is 6.27. The lowest BCUT2D eigenvalue weighted by molar-refractivity contribution is 0.0718. The molecule has 2 rings (SSSR count). The fraction of sp³-hybridized carbons (Fsp3) is 0.400. The number of ketones is 1. The lowest BCUT2D eigenvalue weighted by Crippen LogP contribution is -2.19. The number of carbonyl (C=O) groups is 2. The van der Waals surface area contributed by atoms with Gasteiger partial charge in [0.15, 0.2) is 5.78 Å². The fourth-order valence-corrected chi connectivity index (χ4v) is 2.64. The van der Waals surface area contributed by atoms with E-state index in [9.17, 15) is 9.59 Å². The first-order valence-electron chi connectivity index (χ1n) is 8.52. The van der Waals surface area contributed by atoms with Gasteiger partial charge in [-0.05, 0) is 33.3 Å². The smallest absolute Gasteiger partial charge is 0.345 e. The van der Waals surface area contributed by atoms with Crippen LogP contribution in [0.5, 0.6) is 5.88 Å². The van der Waals surface area contributed by atoms with Crippen LogP contribution in [0.4, 0.5) is 0 Å². The fourth-order valence-electron chi connectivity index (χ4n) is 2.64. The highest BCUT2D eigenvalue weighted by molar-refractivity contribution is 6.07. The standard InChI is InChI=1S/C20H24N2O3/c1-6-9-12(2)18(23)16-10-7-8-11-17(16)20(24)25-19-15(5)21-13(3)14(4)22-19/h7-8,10-12H,6,9H2,1-5H3. The first-order valence-corrected chi connectivity index (χ1v) is 8.52. The summed E-state index contributed by atoms with van der Waals surface area (Å²) in [5, 5.41) is 0. The van der Waals surface area contributed by atoms with Crippen molar-refractivity contribution in [2.24, 2.45) is 5.92 Å². The van der Waals surface area contributed by atoms with Gasteiger partial charge in [0.25, 0.3) is 0 Å². The predicted octanol–water partition coefficient (Wildman–Crippen LogP) is 4.24. The van der Waals surface area contributed by atoms with E-state index < -0.39 is 5.97 Å². The number of benzene rings is 1. The van der Waals surface area contributed by atoms with E-state index in [2.05, 4.69) is 9.97 Å². The summed E-state index contributed by atoms with van der Waals surface area (Å²) in [5.41, 5.74) is 2.69. The Hall–Kier alpha value is -2.56. The minimum absolute atomic E-state index is 0.0442. The lowest BCUT2D eigenvalue weighted by atomic mass is 9.92. The summed E-state index contributed by atoms with van der Waals surface area (Å²) in [4.78, 5) is 33.9. The van der Waals surface area contributed by atoms with E-state index in [0.29, 0.717) is 17.0 Å². The number of aryl methyl sites for hydroxylation is 3. The minimum atomic E-state index is -0.590. The van der Waals surface area contributed by atoms with Crippen molar-refractivity contribution in [2.45, 2.75) is 47.5 Å². The zero-order valence-electron chi connectivity index (χ0n) is 15.4. The molecule has 0 radical (unpaired) electrons. The maximum atomic E-state index is 12.6. The molecule has 2 aromatic rings. The van der Waals surface area contributed by atoms with Gasteiger partial charge in [0, 0.05) is 11.5 Å². The number of hydrogen-bond donors (Lipinski definition) is 0. The van der Waals surface area contributed by atoms with E-state index in [1.807, 2.05) is 27.7 Å². The third-order valence-electron chi connectivity index (χ3n) is 4.21. The topological polar surface area (TPSA) is 69.2 Å². The molecule has 0 spiro atoms. The average molecular weight is 340 g/mol. The van der Waals surface area contributed by atoms with Gasteiger partial charge in [-0.15, -0.1) is 0 Å². The van der Waals surface area contributed by atoms with Gasteiger partial charge < -0.3 is 4.74 Å². The monoisotopic (exact) mass is 340 g/mol. The Bertz CT molecular complexity index is 800. The molecule has 1 aromatic carbocycles. The van der Waals surface area contributed by atoms with E-state index in [4.69, 9.17) is 4.74 Å². The molecule has 0 aliphatic heterocycles. The van der Waals surface area contributed by atoms with Crippen LogP contribution in [0, 0.1) is 26.7 Å². The van der Waals surface area contributed by atoms with E-state index in [-0.39, 0.29) is 23.1 Å². The predicted molar refractivity (Wildman–Crippen MR) is 96.0 cm³/mol. The summed E-state index contributed by atoms with van der Waals surface area (Å²) in [6.07, 6.45) is 1.70. The van der Waals surface area contributed by atoms with Crippen molar-refractivity contribution in [3.63, 3.8) is 0 Å². The van der Waals surface area contributed by atoms with Crippen LogP contribution in [-0.4, -0.2) is 21.7 Å². The number of nitrogens with zero attached hydrogens (tertiary/aromatic N) is 2. The third-order valence-corrected chi connectivity index (χ3v) is 4.21. The zero-order chi connectivity index (χ0) is 18.6. The van der Waals surface area contributed by atoms with Gasteiger partial charge in [-0.2, -0.15) is 0 Å². The molecule has 0 amide bonds. The second kappa shape index (κ2) is 8.01. The molecule has 25 heavy (non-hydrogen) atoms. The SMILES string of the molecule is CCCC(C)C(=O)c1ccccc1C(=O)Oc1nc(C)c(C)nc1C. The molecule has 132 valence electrons. The van der Waals surface area contributed by atoms with E-state index in [0.717, 1.165) is 18.5 Å². The van der Waals surface area contributed by atoms with Gasteiger partial charge in [-0.25, -0.2) is 9.78 Å². The number of hydrogen-bond acceptors (Lipinski definition) is 5. The molecule has 0 bridgehead atoms. The van der Waals surface area contributed by atoms with Gasteiger partial charge in [-0.1, -0.05) is 38.5 Å². The number of Topliss-reactive ketones (excluding diaryl/α,β-unsaturated/α-hetero) is 1. The molecular weight excluding hydrogens is 316 g/mol. The molecule has 0 saturated heterocycles. The number of ether oxygens (including phenoxy) is 1. The highest BCUT2D eigenvalue weighted by atomic mass is 16.5. The Balaban J connectivity index is 2.32. The van der Waals surface area contributed by atoms with Crippen molar-refractivity contribution in [2.75, 3.05) is 0 Å². The molecule has 1 heterocycles. The molecule has 0 saturated carbocycles. The van der Waals surface area contributed by atoms with Crippen molar-refractivity contribution < 1.29 is 14.3 Å². The summed E-state index contributed by atoms with van der Waals surface area (Å²) in [6, 6.07) is 6.75. The first-order chi connectivity index (χ1) is 11.8. The lowest BCUT2D eigenvalue weighted by Gasteiger charge is -2.13.